The maximum atomic E-state index is 13.3. The molecule has 0 heterocycles. The summed E-state index contributed by atoms with van der Waals surface area (Å²) in [7, 11) is -5.25. The van der Waals surface area contributed by atoms with Crippen molar-refractivity contribution in [2.75, 3.05) is 0 Å². The molecule has 94 valence electrons. The zero-order chi connectivity index (χ0) is 13.5. The van der Waals surface area contributed by atoms with Gasteiger partial charge in [0, 0.05) is 5.56 Å². The molecule has 0 fully saturated rings. The van der Waals surface area contributed by atoms with Crippen LogP contribution in [0.1, 0.15) is 12.5 Å². The third-order valence-corrected chi connectivity index (χ3v) is 2.81. The summed E-state index contributed by atoms with van der Waals surface area (Å²) >= 11 is 0. The van der Waals surface area contributed by atoms with Gasteiger partial charge >= 0.3 is 0 Å². The normalized spacial score (nSPS) is 11.6. The van der Waals surface area contributed by atoms with Crippen LogP contribution in [-0.4, -0.2) is 13.0 Å². The lowest BCUT2D eigenvalue weighted by molar-refractivity contribution is 0.389. The van der Waals surface area contributed by atoms with Crippen LogP contribution < -0.4 is 0 Å². The second-order valence-corrected chi connectivity index (χ2v) is 4.57. The first-order valence-electron chi connectivity index (χ1n) is 4.08. The third kappa shape index (κ3) is 2.18. The largest absolute Gasteiger partial charge is 0.298 e. The third-order valence-electron chi connectivity index (χ3n) is 1.91. The molecular weight excluding hydrogens is 264 g/mol. The molecular formula is C9H6F4O3S. The molecule has 0 bridgehead atoms. The van der Waals surface area contributed by atoms with Crippen molar-refractivity contribution in [3.05, 3.63) is 35.4 Å². The van der Waals surface area contributed by atoms with E-state index in [-0.39, 0.29) is 5.57 Å². The minimum absolute atomic E-state index is 0.382. The van der Waals surface area contributed by atoms with Crippen molar-refractivity contribution in [2.45, 2.75) is 11.8 Å². The molecule has 0 aliphatic rings. The summed E-state index contributed by atoms with van der Waals surface area (Å²) in [5.41, 5.74) is -1.50. The van der Waals surface area contributed by atoms with Gasteiger partial charge in [-0.05, 0) is 12.5 Å². The first-order chi connectivity index (χ1) is 7.59. The lowest BCUT2D eigenvalue weighted by Gasteiger charge is -2.10. The number of allylic oxidation sites excluding steroid dienone is 1. The summed E-state index contributed by atoms with van der Waals surface area (Å²) < 4.78 is 82.5. The summed E-state index contributed by atoms with van der Waals surface area (Å²) in [6.07, 6.45) is 0. The molecule has 0 amide bonds. The smallest absolute Gasteiger partial charge is 0.282 e. The predicted molar refractivity (Wildman–Crippen MR) is 50.8 cm³/mol. The molecule has 0 radical (unpaired) electrons. The molecule has 0 aromatic heterocycles. The summed E-state index contributed by atoms with van der Waals surface area (Å²) in [6.45, 7) is 4.15. The van der Waals surface area contributed by atoms with E-state index in [1.807, 2.05) is 0 Å². The fraction of sp³-hybridized carbons (Fsp3) is 0.111. The van der Waals surface area contributed by atoms with Gasteiger partial charge in [0.25, 0.3) is 10.1 Å². The Morgan fingerprint density at radius 1 is 1.06 bits per heavy atom. The molecule has 8 heteroatoms. The molecule has 0 saturated carbocycles. The fourth-order valence-electron chi connectivity index (χ4n) is 1.23. The minimum atomic E-state index is -5.25. The fourth-order valence-corrected chi connectivity index (χ4v) is 2.07. The van der Waals surface area contributed by atoms with Crippen molar-refractivity contribution in [3.8, 4) is 0 Å². The number of rotatable bonds is 2. The highest BCUT2D eigenvalue weighted by molar-refractivity contribution is 7.86. The monoisotopic (exact) mass is 270 g/mol. The molecule has 1 N–H and O–H groups in total. The van der Waals surface area contributed by atoms with E-state index >= 15 is 0 Å². The van der Waals surface area contributed by atoms with Gasteiger partial charge in [0.05, 0.1) is 0 Å². The van der Waals surface area contributed by atoms with E-state index in [1.54, 1.807) is 0 Å². The van der Waals surface area contributed by atoms with Gasteiger partial charge in [0.1, 0.15) is 4.90 Å². The van der Waals surface area contributed by atoms with Crippen LogP contribution >= 0.6 is 0 Å². The van der Waals surface area contributed by atoms with Crippen molar-refractivity contribution in [2.24, 2.45) is 0 Å². The van der Waals surface area contributed by atoms with Gasteiger partial charge < -0.3 is 0 Å². The van der Waals surface area contributed by atoms with E-state index in [9.17, 15) is 26.0 Å². The zero-order valence-electron chi connectivity index (χ0n) is 8.39. The average molecular weight is 270 g/mol. The van der Waals surface area contributed by atoms with Crippen LogP contribution in [0.4, 0.5) is 17.6 Å². The van der Waals surface area contributed by atoms with Gasteiger partial charge in [-0.25, -0.2) is 17.6 Å². The lowest BCUT2D eigenvalue weighted by atomic mass is 10.1. The topological polar surface area (TPSA) is 54.4 Å². The van der Waals surface area contributed by atoms with Crippen molar-refractivity contribution in [1.82, 2.24) is 0 Å². The molecule has 1 rings (SSSR count). The first-order valence-corrected chi connectivity index (χ1v) is 5.52. The molecule has 1 aromatic carbocycles. The van der Waals surface area contributed by atoms with Crippen LogP contribution in [0, 0.1) is 23.3 Å². The van der Waals surface area contributed by atoms with Gasteiger partial charge in [-0.15, -0.1) is 0 Å². The van der Waals surface area contributed by atoms with E-state index in [0.717, 1.165) is 6.92 Å². The second kappa shape index (κ2) is 4.11. The lowest BCUT2D eigenvalue weighted by Crippen LogP contribution is -2.12. The molecule has 0 aliphatic heterocycles. The number of hydrogen-bond acceptors (Lipinski definition) is 2. The minimum Gasteiger partial charge on any atom is -0.282 e. The Labute approximate surface area is 94.1 Å². The second-order valence-electron chi connectivity index (χ2n) is 3.22. The van der Waals surface area contributed by atoms with Crippen molar-refractivity contribution in [1.29, 1.82) is 0 Å². The maximum absolute atomic E-state index is 13.3. The predicted octanol–water partition coefficient (Wildman–Crippen LogP) is 2.52. The van der Waals surface area contributed by atoms with Crippen LogP contribution in [0.2, 0.25) is 0 Å². The van der Waals surface area contributed by atoms with E-state index in [0.29, 0.717) is 0 Å². The molecule has 0 spiro atoms. The van der Waals surface area contributed by atoms with Gasteiger partial charge in [-0.1, -0.05) is 6.58 Å². The van der Waals surface area contributed by atoms with Crippen LogP contribution in [0.15, 0.2) is 11.5 Å². The Balaban J connectivity index is 4.00. The summed E-state index contributed by atoms with van der Waals surface area (Å²) in [5, 5.41) is 0. The Kier molecular flexibility index (Phi) is 3.30. The molecule has 0 aliphatic carbocycles. The number of halogens is 4. The van der Waals surface area contributed by atoms with E-state index in [4.69, 9.17) is 4.55 Å². The Morgan fingerprint density at radius 2 is 1.47 bits per heavy atom. The standard InChI is InChI=1S/C9H6F4O3S/c1-3(2)4-5(10)6(11)7(12)8(13)9(4)17(14,15)16/h1H2,2H3,(H,14,15,16). The molecule has 0 saturated heterocycles. The van der Waals surface area contributed by atoms with Crippen LogP contribution in [0.5, 0.6) is 0 Å². The van der Waals surface area contributed by atoms with Crippen molar-refractivity contribution >= 4 is 15.7 Å². The summed E-state index contributed by atoms with van der Waals surface area (Å²) in [5.74, 6) is -8.61. The van der Waals surface area contributed by atoms with Crippen molar-refractivity contribution in [3.63, 3.8) is 0 Å². The van der Waals surface area contributed by atoms with Crippen LogP contribution in [-0.2, 0) is 10.1 Å². The van der Waals surface area contributed by atoms with Gasteiger partial charge in [-0.2, -0.15) is 8.42 Å². The highest BCUT2D eigenvalue weighted by Crippen LogP contribution is 2.31. The van der Waals surface area contributed by atoms with E-state index < -0.39 is 43.8 Å². The highest BCUT2D eigenvalue weighted by atomic mass is 32.2. The molecule has 17 heavy (non-hydrogen) atoms. The Bertz CT molecular complexity index is 607. The maximum Gasteiger partial charge on any atom is 0.298 e. The molecule has 0 atom stereocenters. The first kappa shape index (κ1) is 13.7. The van der Waals surface area contributed by atoms with Crippen LogP contribution in [0.25, 0.3) is 5.57 Å². The Morgan fingerprint density at radius 3 is 1.82 bits per heavy atom. The quantitative estimate of drug-likeness (QED) is 0.389. The molecule has 3 nitrogen and oxygen atoms in total. The van der Waals surface area contributed by atoms with E-state index in [1.165, 1.54) is 0 Å². The van der Waals surface area contributed by atoms with Gasteiger partial charge in [0.15, 0.2) is 23.3 Å². The molecule has 0 unspecified atom stereocenters. The zero-order valence-corrected chi connectivity index (χ0v) is 9.21. The van der Waals surface area contributed by atoms with E-state index in [2.05, 4.69) is 6.58 Å². The van der Waals surface area contributed by atoms with Crippen molar-refractivity contribution < 1.29 is 30.5 Å². The van der Waals surface area contributed by atoms with Crippen LogP contribution in [0.3, 0.4) is 0 Å². The average Bonchev–Trinajstić information content (AvgIpc) is 2.17. The summed E-state index contributed by atoms with van der Waals surface area (Å²) in [6, 6.07) is 0. The number of benzene rings is 1. The number of hydrogen-bond donors (Lipinski definition) is 1. The van der Waals surface area contributed by atoms with Gasteiger partial charge in [0.2, 0.25) is 0 Å². The molecule has 1 aromatic rings. The van der Waals surface area contributed by atoms with Gasteiger partial charge in [-0.3, -0.25) is 4.55 Å². The Hall–Kier alpha value is -1.41. The highest BCUT2D eigenvalue weighted by Gasteiger charge is 2.31. The summed E-state index contributed by atoms with van der Waals surface area (Å²) in [4.78, 5) is -1.67. The SMILES string of the molecule is C=C(C)c1c(F)c(F)c(F)c(F)c1S(=O)(=O)O.